The number of nitrogens with one attached hydrogen (secondary N) is 1. The molecular weight excluding hydrogens is 266 g/mol. The molecule has 0 aromatic carbocycles. The topological polar surface area (TPSA) is 41.6 Å². The highest BCUT2D eigenvalue weighted by molar-refractivity contribution is 5.85. The Kier molecular flexibility index (Phi) is 9.23. The Morgan fingerprint density at radius 1 is 1.56 bits per heavy atom. The van der Waals surface area contributed by atoms with Gasteiger partial charge in [-0.2, -0.15) is 0 Å². The molecule has 1 atom stereocenters. The molecular formula is C11H21ClF2N2O2. The summed E-state index contributed by atoms with van der Waals surface area (Å²) in [4.78, 5) is 13.6. The first-order valence-corrected chi connectivity index (χ1v) is 5.95. The second-order valence-electron chi connectivity index (χ2n) is 4.16. The lowest BCUT2D eigenvalue weighted by Crippen LogP contribution is -2.41. The van der Waals surface area contributed by atoms with Gasteiger partial charge in [0.25, 0.3) is 6.43 Å². The number of likely N-dealkylation sites (tertiary alicyclic amines) is 1. The van der Waals surface area contributed by atoms with Crippen LogP contribution in [0.25, 0.3) is 0 Å². The Hall–Kier alpha value is -0.460. The molecule has 4 nitrogen and oxygen atoms in total. The second kappa shape index (κ2) is 9.47. The molecule has 18 heavy (non-hydrogen) atoms. The first kappa shape index (κ1) is 17.5. The highest BCUT2D eigenvalue weighted by atomic mass is 35.5. The van der Waals surface area contributed by atoms with Crippen LogP contribution in [0.4, 0.5) is 8.78 Å². The maximum atomic E-state index is 11.8. The van der Waals surface area contributed by atoms with E-state index in [0.717, 1.165) is 25.9 Å². The summed E-state index contributed by atoms with van der Waals surface area (Å²) in [6.45, 7) is 1.03. The molecule has 1 N–H and O–H groups in total. The number of carbonyl (C=O) groups excluding carboxylic acids is 1. The van der Waals surface area contributed by atoms with Crippen LogP contribution in [0.3, 0.4) is 0 Å². The second-order valence-corrected chi connectivity index (χ2v) is 4.16. The smallest absolute Gasteiger partial charge is 0.261 e. The van der Waals surface area contributed by atoms with Crippen molar-refractivity contribution in [1.29, 1.82) is 0 Å². The molecule has 108 valence electrons. The molecule has 0 aliphatic carbocycles. The molecule has 7 heteroatoms. The van der Waals surface area contributed by atoms with Crippen LogP contribution in [-0.2, 0) is 9.53 Å². The van der Waals surface area contributed by atoms with Crippen molar-refractivity contribution in [2.75, 3.05) is 33.4 Å². The zero-order valence-electron chi connectivity index (χ0n) is 10.5. The van der Waals surface area contributed by atoms with Gasteiger partial charge in [0, 0.05) is 19.1 Å². The number of carbonyl (C=O) groups is 1. The number of likely N-dealkylation sites (N-methyl/N-ethyl adjacent to an activating group) is 1. The Bertz CT molecular complexity index is 245. The molecule has 0 spiro atoms. The summed E-state index contributed by atoms with van der Waals surface area (Å²) in [7, 11) is 1.85. The van der Waals surface area contributed by atoms with E-state index in [-0.39, 0.29) is 37.4 Å². The van der Waals surface area contributed by atoms with E-state index in [1.807, 2.05) is 11.9 Å². The zero-order valence-corrected chi connectivity index (χ0v) is 11.3. The van der Waals surface area contributed by atoms with Gasteiger partial charge >= 0.3 is 0 Å². The average molecular weight is 287 g/mol. The van der Waals surface area contributed by atoms with Crippen molar-refractivity contribution in [3.63, 3.8) is 0 Å². The predicted molar refractivity (Wildman–Crippen MR) is 67.3 cm³/mol. The Morgan fingerprint density at radius 2 is 2.28 bits per heavy atom. The first-order valence-electron chi connectivity index (χ1n) is 5.95. The molecule has 0 radical (unpaired) electrons. The predicted octanol–water partition coefficient (Wildman–Crippen LogP) is 1.29. The molecule has 0 aromatic rings. The lowest BCUT2D eigenvalue weighted by Gasteiger charge is -2.24. The minimum Gasteiger partial charge on any atom is -0.375 e. The minimum absolute atomic E-state index is 0. The quantitative estimate of drug-likeness (QED) is 0.717. The summed E-state index contributed by atoms with van der Waals surface area (Å²) < 4.78 is 28.3. The van der Waals surface area contributed by atoms with Gasteiger partial charge in [0.2, 0.25) is 5.91 Å². The maximum absolute atomic E-state index is 11.8. The van der Waals surface area contributed by atoms with E-state index in [4.69, 9.17) is 4.74 Å². The Labute approximate surface area is 112 Å². The summed E-state index contributed by atoms with van der Waals surface area (Å²) in [5, 5.41) is 3.05. The van der Waals surface area contributed by atoms with Crippen molar-refractivity contribution in [3.05, 3.63) is 0 Å². The largest absolute Gasteiger partial charge is 0.375 e. The first-order chi connectivity index (χ1) is 8.15. The van der Waals surface area contributed by atoms with E-state index in [1.54, 1.807) is 0 Å². The number of ether oxygens (including phenoxy) is 1. The Balaban J connectivity index is 0.00000289. The van der Waals surface area contributed by atoms with Crippen LogP contribution < -0.4 is 5.32 Å². The van der Waals surface area contributed by atoms with Gasteiger partial charge in [0.1, 0.15) is 6.61 Å². The van der Waals surface area contributed by atoms with Gasteiger partial charge in [-0.15, -0.1) is 12.4 Å². The number of hydrogen-bond acceptors (Lipinski definition) is 3. The van der Waals surface area contributed by atoms with E-state index in [2.05, 4.69) is 5.32 Å². The maximum Gasteiger partial charge on any atom is 0.261 e. The number of halogens is 3. The van der Waals surface area contributed by atoms with Gasteiger partial charge in [0.15, 0.2) is 0 Å². The van der Waals surface area contributed by atoms with Gasteiger partial charge in [-0.05, 0) is 19.9 Å². The molecule has 0 aromatic heterocycles. The molecule has 0 saturated carbocycles. The fourth-order valence-electron chi connectivity index (χ4n) is 2.09. The van der Waals surface area contributed by atoms with Crippen LogP contribution in [0.5, 0.6) is 0 Å². The summed E-state index contributed by atoms with van der Waals surface area (Å²) in [5.74, 6) is -0.00276. The summed E-state index contributed by atoms with van der Waals surface area (Å²) in [6.07, 6.45) is -0.262. The number of amides is 1. The van der Waals surface area contributed by atoms with Gasteiger partial charge in [0.05, 0.1) is 13.0 Å². The fourth-order valence-corrected chi connectivity index (χ4v) is 2.09. The van der Waals surface area contributed by atoms with E-state index >= 15 is 0 Å². The molecule has 1 fully saturated rings. The van der Waals surface area contributed by atoms with Crippen LogP contribution in [0.2, 0.25) is 0 Å². The van der Waals surface area contributed by atoms with Crippen molar-refractivity contribution in [3.8, 4) is 0 Å². The highest BCUT2D eigenvalue weighted by Crippen LogP contribution is 2.17. The molecule has 1 saturated heterocycles. The van der Waals surface area contributed by atoms with Crippen molar-refractivity contribution < 1.29 is 18.3 Å². The number of rotatable bonds is 7. The standard InChI is InChI=1S/C11H20F2N2O2.ClH/c1-14-7-9-3-2-5-15(9)11(16)4-6-17-8-10(12)13;/h9-10,14H,2-8H2,1H3;1H. The highest BCUT2D eigenvalue weighted by Gasteiger charge is 2.27. The molecule has 1 aliphatic rings. The normalized spacial score (nSPS) is 19.1. The Morgan fingerprint density at radius 3 is 2.89 bits per heavy atom. The monoisotopic (exact) mass is 286 g/mol. The third-order valence-corrected chi connectivity index (χ3v) is 2.84. The number of hydrogen-bond donors (Lipinski definition) is 1. The van der Waals surface area contributed by atoms with Crippen LogP contribution >= 0.6 is 12.4 Å². The number of nitrogens with zero attached hydrogens (tertiary/aromatic N) is 1. The third kappa shape index (κ3) is 5.93. The molecule has 1 aliphatic heterocycles. The van der Waals surface area contributed by atoms with Gasteiger partial charge in [-0.1, -0.05) is 0 Å². The molecule has 1 heterocycles. The lowest BCUT2D eigenvalue weighted by atomic mass is 10.2. The fraction of sp³-hybridized carbons (Fsp3) is 0.909. The van der Waals surface area contributed by atoms with Crippen molar-refractivity contribution in [1.82, 2.24) is 10.2 Å². The van der Waals surface area contributed by atoms with Crippen LogP contribution in [0.1, 0.15) is 19.3 Å². The average Bonchev–Trinajstić information content (AvgIpc) is 2.72. The van der Waals surface area contributed by atoms with E-state index in [1.165, 1.54) is 0 Å². The molecule has 0 bridgehead atoms. The van der Waals surface area contributed by atoms with E-state index in [9.17, 15) is 13.6 Å². The summed E-state index contributed by atoms with van der Waals surface area (Å²) in [5.41, 5.74) is 0. The number of alkyl halides is 2. The van der Waals surface area contributed by atoms with Crippen LogP contribution in [0.15, 0.2) is 0 Å². The zero-order chi connectivity index (χ0) is 12.7. The molecule has 1 amide bonds. The van der Waals surface area contributed by atoms with E-state index in [0.29, 0.717) is 0 Å². The third-order valence-electron chi connectivity index (χ3n) is 2.84. The van der Waals surface area contributed by atoms with Gasteiger partial charge in [-0.25, -0.2) is 8.78 Å². The lowest BCUT2D eigenvalue weighted by molar-refractivity contribution is -0.133. The van der Waals surface area contributed by atoms with E-state index < -0.39 is 13.0 Å². The van der Waals surface area contributed by atoms with Crippen molar-refractivity contribution in [2.24, 2.45) is 0 Å². The SMILES string of the molecule is CNCC1CCCN1C(=O)CCOCC(F)F.Cl. The summed E-state index contributed by atoms with van der Waals surface area (Å²) in [6, 6.07) is 0.239. The van der Waals surface area contributed by atoms with Gasteiger partial charge in [-0.3, -0.25) is 4.79 Å². The summed E-state index contributed by atoms with van der Waals surface area (Å²) >= 11 is 0. The molecule has 1 unspecified atom stereocenters. The van der Waals surface area contributed by atoms with Crippen molar-refractivity contribution >= 4 is 18.3 Å². The minimum atomic E-state index is -2.46. The van der Waals surface area contributed by atoms with Gasteiger partial charge < -0.3 is 15.0 Å². The molecule has 1 rings (SSSR count). The van der Waals surface area contributed by atoms with Crippen LogP contribution in [0, 0.1) is 0 Å². The van der Waals surface area contributed by atoms with Crippen molar-refractivity contribution in [2.45, 2.75) is 31.7 Å². The van der Waals surface area contributed by atoms with Crippen LogP contribution in [-0.4, -0.2) is 56.6 Å².